The van der Waals surface area contributed by atoms with Crippen molar-refractivity contribution < 1.29 is 22.7 Å². The van der Waals surface area contributed by atoms with Crippen molar-refractivity contribution in [2.75, 3.05) is 6.54 Å². The quantitative estimate of drug-likeness (QED) is 0.242. The van der Waals surface area contributed by atoms with E-state index in [-0.39, 0.29) is 35.6 Å². The maximum absolute atomic E-state index is 14.1. The fourth-order valence-electron chi connectivity index (χ4n) is 5.58. The van der Waals surface area contributed by atoms with Crippen molar-refractivity contribution in [1.29, 1.82) is 5.26 Å². The Bertz CT molecular complexity index is 1800. The highest BCUT2D eigenvalue weighted by Gasteiger charge is 2.35. The molecular weight excluding hydrogens is 545 g/mol. The van der Waals surface area contributed by atoms with Crippen LogP contribution in [0.1, 0.15) is 36.0 Å². The Morgan fingerprint density at radius 2 is 1.93 bits per heavy atom. The largest absolute Gasteiger partial charge is 0.435 e. The molecule has 42 heavy (non-hydrogen) atoms. The van der Waals surface area contributed by atoms with Gasteiger partial charge in [0.05, 0.1) is 17.7 Å². The molecule has 11 heteroatoms. The summed E-state index contributed by atoms with van der Waals surface area (Å²) < 4.78 is 49.8. The van der Waals surface area contributed by atoms with E-state index in [1.54, 1.807) is 60.4 Å². The Hall–Kier alpha value is -4.53. The van der Waals surface area contributed by atoms with Gasteiger partial charge >= 0.3 is 6.18 Å². The predicted octanol–water partition coefficient (Wildman–Crippen LogP) is 6.10. The summed E-state index contributed by atoms with van der Waals surface area (Å²) in [5.41, 5.74) is 2.48. The molecule has 2 heterocycles. The van der Waals surface area contributed by atoms with Gasteiger partial charge < -0.3 is 19.4 Å². The summed E-state index contributed by atoms with van der Waals surface area (Å²) in [6.07, 6.45) is -0.843. The lowest BCUT2D eigenvalue weighted by molar-refractivity contribution is -0.136. The summed E-state index contributed by atoms with van der Waals surface area (Å²) >= 11 is 0. The van der Waals surface area contributed by atoms with Crippen LogP contribution in [-0.2, 0) is 19.8 Å². The van der Waals surface area contributed by atoms with Crippen LogP contribution in [0.2, 0.25) is 0 Å². The predicted molar refractivity (Wildman–Crippen MR) is 150 cm³/mol. The minimum atomic E-state index is -4.64. The number of hydrogen-bond acceptors (Lipinski definition) is 7. The molecule has 2 aromatic heterocycles. The second kappa shape index (κ2) is 11.0. The van der Waals surface area contributed by atoms with Gasteiger partial charge in [0, 0.05) is 31.3 Å². The third-order valence-electron chi connectivity index (χ3n) is 7.73. The van der Waals surface area contributed by atoms with Crippen molar-refractivity contribution in [3.05, 3.63) is 77.6 Å². The Kier molecular flexibility index (Phi) is 7.26. The molecule has 1 aliphatic rings. The number of nitrogens with zero attached hydrogens (tertiary/aromatic N) is 5. The SMILES string of the molecule is Cn1cnnc1-c1cc(C#N)ccc1-c1cccc(-c2nc3cc(CNC[C@@H]4CCC[C@@H]4O)cc(C(F)(F)F)c3o2)c1. The van der Waals surface area contributed by atoms with Gasteiger partial charge in [-0.15, -0.1) is 10.2 Å². The van der Waals surface area contributed by atoms with Gasteiger partial charge in [0.25, 0.3) is 0 Å². The molecule has 2 N–H and O–H groups in total. The summed E-state index contributed by atoms with van der Waals surface area (Å²) in [6, 6.07) is 17.2. The molecule has 0 spiro atoms. The number of hydrogen-bond donors (Lipinski definition) is 2. The molecule has 6 rings (SSSR count). The zero-order valence-electron chi connectivity index (χ0n) is 22.7. The smallest absolute Gasteiger partial charge is 0.420 e. The highest BCUT2D eigenvalue weighted by Crippen LogP contribution is 2.39. The molecule has 1 saturated carbocycles. The van der Waals surface area contributed by atoms with Gasteiger partial charge in [-0.3, -0.25) is 0 Å². The van der Waals surface area contributed by atoms with E-state index in [4.69, 9.17) is 4.42 Å². The number of aliphatic hydroxyl groups excluding tert-OH is 1. The first-order valence-electron chi connectivity index (χ1n) is 13.6. The van der Waals surface area contributed by atoms with Crippen LogP contribution < -0.4 is 5.32 Å². The second-order valence-corrected chi connectivity index (χ2v) is 10.6. The lowest BCUT2D eigenvalue weighted by Gasteiger charge is -2.15. The first kappa shape index (κ1) is 27.6. The van der Waals surface area contributed by atoms with E-state index < -0.39 is 11.7 Å². The number of benzene rings is 3. The highest BCUT2D eigenvalue weighted by atomic mass is 19.4. The number of halogens is 3. The fraction of sp³-hybridized carbons (Fsp3) is 0.290. The van der Waals surface area contributed by atoms with Gasteiger partial charge in [-0.05, 0) is 71.8 Å². The van der Waals surface area contributed by atoms with Gasteiger partial charge in [-0.25, -0.2) is 4.98 Å². The van der Waals surface area contributed by atoms with E-state index >= 15 is 0 Å². The number of aliphatic hydroxyl groups is 1. The first-order valence-corrected chi connectivity index (χ1v) is 13.6. The zero-order chi connectivity index (χ0) is 29.4. The number of aromatic nitrogens is 4. The van der Waals surface area contributed by atoms with E-state index in [1.165, 1.54) is 0 Å². The van der Waals surface area contributed by atoms with Gasteiger partial charge in [0.15, 0.2) is 11.4 Å². The molecule has 5 aromatic rings. The van der Waals surface area contributed by atoms with Crippen molar-refractivity contribution in [2.45, 2.75) is 38.1 Å². The number of rotatable bonds is 7. The summed E-state index contributed by atoms with van der Waals surface area (Å²) in [4.78, 5) is 4.46. The van der Waals surface area contributed by atoms with E-state index in [2.05, 4.69) is 26.6 Å². The van der Waals surface area contributed by atoms with Crippen LogP contribution >= 0.6 is 0 Å². The fourth-order valence-corrected chi connectivity index (χ4v) is 5.58. The van der Waals surface area contributed by atoms with Gasteiger partial charge in [-0.2, -0.15) is 18.4 Å². The summed E-state index contributed by atoms with van der Waals surface area (Å²) in [5.74, 6) is 0.727. The molecule has 0 amide bonds. The number of fused-ring (bicyclic) bond motifs is 1. The van der Waals surface area contributed by atoms with E-state index in [0.29, 0.717) is 34.6 Å². The van der Waals surface area contributed by atoms with Crippen LogP contribution in [0.3, 0.4) is 0 Å². The van der Waals surface area contributed by atoms with Crippen LogP contribution in [0.5, 0.6) is 0 Å². The van der Waals surface area contributed by atoms with Crippen molar-refractivity contribution in [3.63, 3.8) is 0 Å². The molecule has 0 aliphatic heterocycles. The van der Waals surface area contributed by atoms with Crippen LogP contribution in [-0.4, -0.2) is 37.5 Å². The minimum absolute atomic E-state index is 0.0605. The average molecular weight is 573 g/mol. The molecule has 3 aromatic carbocycles. The molecule has 0 unspecified atom stereocenters. The third-order valence-corrected chi connectivity index (χ3v) is 7.73. The van der Waals surface area contributed by atoms with E-state index in [1.807, 2.05) is 6.07 Å². The molecule has 2 atom stereocenters. The van der Waals surface area contributed by atoms with Crippen molar-refractivity contribution >= 4 is 11.1 Å². The topological polar surface area (TPSA) is 113 Å². The van der Waals surface area contributed by atoms with Crippen molar-refractivity contribution in [3.8, 4) is 40.0 Å². The number of nitriles is 1. The highest BCUT2D eigenvalue weighted by molar-refractivity contribution is 5.85. The zero-order valence-corrected chi connectivity index (χ0v) is 22.7. The molecular formula is C31H27F3N6O2. The van der Waals surface area contributed by atoms with Crippen LogP contribution in [0.25, 0.3) is 45.1 Å². The van der Waals surface area contributed by atoms with Crippen molar-refractivity contribution in [2.24, 2.45) is 13.0 Å². The Morgan fingerprint density at radius 3 is 2.64 bits per heavy atom. The Morgan fingerprint density at radius 1 is 1.10 bits per heavy atom. The minimum Gasteiger partial charge on any atom is -0.435 e. The lowest BCUT2D eigenvalue weighted by atomic mass is 9.96. The number of nitrogens with one attached hydrogen (secondary N) is 1. The van der Waals surface area contributed by atoms with E-state index in [9.17, 15) is 23.5 Å². The molecule has 214 valence electrons. The number of alkyl halides is 3. The van der Waals surface area contributed by atoms with Gasteiger partial charge in [0.2, 0.25) is 5.89 Å². The van der Waals surface area contributed by atoms with Gasteiger partial charge in [-0.1, -0.05) is 24.6 Å². The molecule has 0 saturated heterocycles. The van der Waals surface area contributed by atoms with Crippen molar-refractivity contribution in [1.82, 2.24) is 25.1 Å². The molecule has 1 fully saturated rings. The second-order valence-electron chi connectivity index (χ2n) is 10.6. The normalized spacial score (nSPS) is 17.1. The standard InChI is InChI=1S/C31H27F3N6O2/c1-40-17-37-39-29(40)24-10-18(14-35)8-9-23(24)20-4-2-5-21(13-20)30-38-26-12-19(11-25(28(26)42-30)31(32,33)34)15-36-16-22-6-3-7-27(22)41/h2,4-5,8-13,17,22,27,36,41H,3,6-7,15-16H2,1H3/t22-,27-/m0/s1. The monoisotopic (exact) mass is 572 g/mol. The van der Waals surface area contributed by atoms with Crippen LogP contribution in [0.4, 0.5) is 13.2 Å². The lowest BCUT2D eigenvalue weighted by Crippen LogP contribution is -2.27. The Balaban J connectivity index is 1.36. The summed E-state index contributed by atoms with van der Waals surface area (Å²) in [5, 5.41) is 30.8. The maximum Gasteiger partial charge on any atom is 0.420 e. The van der Waals surface area contributed by atoms with Crippen LogP contribution in [0.15, 0.2) is 65.3 Å². The Labute approximate surface area is 239 Å². The summed E-state index contributed by atoms with van der Waals surface area (Å²) in [6.45, 7) is 0.743. The van der Waals surface area contributed by atoms with Gasteiger partial charge in [0.1, 0.15) is 17.4 Å². The number of aryl methyl sites for hydroxylation is 1. The molecule has 0 bridgehead atoms. The molecule has 0 radical (unpaired) electrons. The van der Waals surface area contributed by atoms with E-state index in [0.717, 1.165) is 36.5 Å². The summed E-state index contributed by atoms with van der Waals surface area (Å²) in [7, 11) is 1.80. The first-order chi connectivity index (χ1) is 20.2. The maximum atomic E-state index is 14.1. The number of oxazole rings is 1. The molecule has 8 nitrogen and oxygen atoms in total. The average Bonchev–Trinajstić information content (AvgIpc) is 3.71. The molecule has 1 aliphatic carbocycles. The van der Waals surface area contributed by atoms with Crippen LogP contribution in [0, 0.1) is 17.2 Å². The third kappa shape index (κ3) is 5.38.